The van der Waals surface area contributed by atoms with Crippen LogP contribution in [0, 0.1) is 0 Å². The molecule has 2 rings (SSSR count). The van der Waals surface area contributed by atoms with Gasteiger partial charge < -0.3 is 0 Å². The van der Waals surface area contributed by atoms with E-state index < -0.39 is 25.3 Å². The third kappa shape index (κ3) is 3.31. The zero-order valence-corrected chi connectivity index (χ0v) is 12.3. The summed E-state index contributed by atoms with van der Waals surface area (Å²) in [7, 11) is -6.76. The summed E-state index contributed by atoms with van der Waals surface area (Å²) < 4.78 is 49.6. The first-order valence-corrected chi connectivity index (χ1v) is 9.31. The van der Waals surface area contributed by atoms with E-state index in [4.69, 9.17) is 11.6 Å². The minimum absolute atomic E-state index is 0.146. The molecule has 1 fully saturated rings. The molecule has 1 heterocycles. The molecule has 0 unspecified atom stereocenters. The quantitative estimate of drug-likeness (QED) is 0.842. The van der Waals surface area contributed by atoms with Gasteiger partial charge >= 0.3 is 0 Å². The zero-order chi connectivity index (χ0) is 14.1. The molecule has 0 bridgehead atoms. The number of benzene rings is 1. The lowest BCUT2D eigenvalue weighted by molar-refractivity contribution is 0.599. The van der Waals surface area contributed by atoms with Crippen LogP contribution in [0.4, 0.5) is 11.4 Å². The van der Waals surface area contributed by atoms with Crippen LogP contribution in [-0.4, -0.2) is 34.3 Å². The van der Waals surface area contributed by atoms with E-state index in [0.717, 1.165) is 0 Å². The molecule has 0 atom stereocenters. The number of anilines is 2. The second kappa shape index (κ2) is 5.18. The molecule has 19 heavy (non-hydrogen) atoms. The third-order valence-electron chi connectivity index (χ3n) is 2.67. The van der Waals surface area contributed by atoms with Gasteiger partial charge in [-0.15, -0.1) is 11.6 Å². The van der Waals surface area contributed by atoms with E-state index in [9.17, 15) is 16.8 Å². The van der Waals surface area contributed by atoms with Crippen molar-refractivity contribution in [2.24, 2.45) is 0 Å². The van der Waals surface area contributed by atoms with E-state index >= 15 is 0 Å². The first kappa shape index (κ1) is 14.4. The molecule has 0 aromatic heterocycles. The van der Waals surface area contributed by atoms with E-state index in [-0.39, 0.29) is 5.75 Å². The van der Waals surface area contributed by atoms with Gasteiger partial charge in [-0.25, -0.2) is 16.8 Å². The maximum Gasteiger partial charge on any atom is 0.246 e. The van der Waals surface area contributed by atoms with Crippen LogP contribution >= 0.6 is 11.6 Å². The number of hydrogen-bond acceptors (Lipinski definition) is 4. The summed E-state index contributed by atoms with van der Waals surface area (Å²) in [5, 5.41) is -0.532. The van der Waals surface area contributed by atoms with Gasteiger partial charge in [0.25, 0.3) is 0 Å². The Morgan fingerprint density at radius 3 is 2.37 bits per heavy atom. The van der Waals surface area contributed by atoms with Crippen molar-refractivity contribution >= 4 is 43.0 Å². The summed E-state index contributed by atoms with van der Waals surface area (Å²) in [5.41, 5.74) is 0.882. The van der Waals surface area contributed by atoms with Crippen LogP contribution in [0.25, 0.3) is 0 Å². The van der Waals surface area contributed by atoms with Crippen molar-refractivity contribution in [3.05, 3.63) is 24.3 Å². The van der Waals surface area contributed by atoms with Crippen molar-refractivity contribution in [1.82, 2.24) is 0 Å². The van der Waals surface area contributed by atoms with E-state index in [1.165, 1.54) is 16.4 Å². The van der Waals surface area contributed by atoms with Crippen molar-refractivity contribution in [3.63, 3.8) is 0 Å². The Bertz CT molecular complexity index is 655. The van der Waals surface area contributed by atoms with E-state index in [1.807, 2.05) is 0 Å². The Morgan fingerprint density at radius 2 is 1.89 bits per heavy atom. The molecule has 0 amide bonds. The number of nitrogens with one attached hydrogen (secondary N) is 1. The SMILES string of the molecule is O=S(=O)(CCl)Nc1ccc(N2CCCS2(=O)=O)cc1. The molecule has 1 saturated heterocycles. The van der Waals surface area contributed by atoms with Gasteiger partial charge in [0.15, 0.2) is 0 Å². The number of nitrogens with zero attached hydrogens (tertiary/aromatic N) is 1. The standard InChI is InChI=1S/C10H13ClN2O4S2/c11-8-18(14,15)12-9-2-4-10(5-3-9)13-6-1-7-19(13,16)17/h2-5,12H,1,6-8H2. The smallest absolute Gasteiger partial charge is 0.246 e. The van der Waals surface area contributed by atoms with E-state index in [0.29, 0.717) is 24.3 Å². The van der Waals surface area contributed by atoms with Crippen LogP contribution in [-0.2, 0) is 20.0 Å². The maximum absolute atomic E-state index is 11.7. The van der Waals surface area contributed by atoms with Crippen molar-refractivity contribution in [2.75, 3.05) is 26.5 Å². The van der Waals surface area contributed by atoms with Gasteiger partial charge in [-0.1, -0.05) is 0 Å². The molecule has 0 saturated carbocycles. The highest BCUT2D eigenvalue weighted by molar-refractivity contribution is 7.93. The van der Waals surface area contributed by atoms with Crippen molar-refractivity contribution in [3.8, 4) is 0 Å². The second-order valence-corrected chi connectivity index (χ2v) is 8.43. The van der Waals surface area contributed by atoms with Gasteiger partial charge in [0.05, 0.1) is 11.4 Å². The molecular formula is C10H13ClN2O4S2. The molecule has 1 aromatic rings. The molecule has 1 aliphatic rings. The van der Waals surface area contributed by atoms with Crippen LogP contribution in [0.5, 0.6) is 0 Å². The average Bonchev–Trinajstić information content (AvgIpc) is 2.70. The van der Waals surface area contributed by atoms with Gasteiger partial charge in [0.1, 0.15) is 5.21 Å². The number of sulfonamides is 2. The Morgan fingerprint density at radius 1 is 1.26 bits per heavy atom. The number of rotatable bonds is 4. The molecule has 1 aromatic carbocycles. The van der Waals surface area contributed by atoms with Crippen molar-refractivity contribution in [1.29, 1.82) is 0 Å². The largest absolute Gasteiger partial charge is 0.283 e. The van der Waals surface area contributed by atoms with Crippen molar-refractivity contribution < 1.29 is 16.8 Å². The lowest BCUT2D eigenvalue weighted by Crippen LogP contribution is -2.25. The molecule has 106 valence electrons. The predicted octanol–water partition coefficient (Wildman–Crippen LogP) is 1.16. The van der Waals surface area contributed by atoms with Crippen molar-refractivity contribution in [2.45, 2.75) is 6.42 Å². The van der Waals surface area contributed by atoms with Gasteiger partial charge in [-0.3, -0.25) is 9.03 Å². The van der Waals surface area contributed by atoms with Crippen LogP contribution in [0.3, 0.4) is 0 Å². The second-order valence-electron chi connectivity index (χ2n) is 4.11. The fourth-order valence-corrected chi connectivity index (χ4v) is 4.11. The van der Waals surface area contributed by atoms with Gasteiger partial charge in [0.2, 0.25) is 20.0 Å². The fraction of sp³-hybridized carbons (Fsp3) is 0.400. The predicted molar refractivity (Wildman–Crippen MR) is 75.5 cm³/mol. The first-order chi connectivity index (χ1) is 8.84. The number of alkyl halides is 1. The number of halogens is 1. The van der Waals surface area contributed by atoms with E-state index in [2.05, 4.69) is 4.72 Å². The third-order valence-corrected chi connectivity index (χ3v) is 6.24. The van der Waals surface area contributed by atoms with Crippen LogP contribution in [0.2, 0.25) is 0 Å². The molecule has 0 radical (unpaired) electrons. The summed E-state index contributed by atoms with van der Waals surface area (Å²) in [4.78, 5) is 0. The monoisotopic (exact) mass is 324 g/mol. The lowest BCUT2D eigenvalue weighted by atomic mass is 10.3. The van der Waals surface area contributed by atoms with Gasteiger partial charge in [-0.2, -0.15) is 0 Å². The molecular weight excluding hydrogens is 312 g/mol. The molecule has 0 spiro atoms. The summed E-state index contributed by atoms with van der Waals surface area (Å²) in [6.07, 6.45) is 0.600. The van der Waals surface area contributed by atoms with Crippen LogP contribution in [0.15, 0.2) is 24.3 Å². The summed E-state index contributed by atoms with van der Waals surface area (Å²) in [6, 6.07) is 6.14. The lowest BCUT2D eigenvalue weighted by Gasteiger charge is -2.17. The normalized spacial score (nSPS) is 18.5. The topological polar surface area (TPSA) is 83.6 Å². The number of hydrogen-bond donors (Lipinski definition) is 1. The minimum atomic E-state index is -3.54. The molecule has 6 nitrogen and oxygen atoms in total. The average molecular weight is 325 g/mol. The van der Waals surface area contributed by atoms with Gasteiger partial charge in [0, 0.05) is 12.2 Å². The molecule has 9 heteroatoms. The van der Waals surface area contributed by atoms with Crippen LogP contribution < -0.4 is 9.03 Å². The Kier molecular flexibility index (Phi) is 3.93. The highest BCUT2D eigenvalue weighted by atomic mass is 35.5. The molecule has 1 aliphatic heterocycles. The zero-order valence-electron chi connectivity index (χ0n) is 9.91. The van der Waals surface area contributed by atoms with Gasteiger partial charge in [-0.05, 0) is 30.7 Å². The Balaban J connectivity index is 2.20. The highest BCUT2D eigenvalue weighted by Crippen LogP contribution is 2.25. The first-order valence-electron chi connectivity index (χ1n) is 5.51. The highest BCUT2D eigenvalue weighted by Gasteiger charge is 2.28. The molecule has 0 aliphatic carbocycles. The van der Waals surface area contributed by atoms with E-state index in [1.54, 1.807) is 12.1 Å². The Hall–Kier alpha value is -0.990. The molecule has 1 N–H and O–H groups in total. The summed E-state index contributed by atoms with van der Waals surface area (Å²) >= 11 is 5.28. The summed E-state index contributed by atoms with van der Waals surface area (Å²) in [6.45, 7) is 0.453. The Labute approximate surface area is 117 Å². The maximum atomic E-state index is 11.7. The fourth-order valence-electron chi connectivity index (χ4n) is 1.83. The minimum Gasteiger partial charge on any atom is -0.283 e. The van der Waals surface area contributed by atoms with Crippen LogP contribution in [0.1, 0.15) is 6.42 Å². The summed E-state index contributed by atoms with van der Waals surface area (Å²) in [5.74, 6) is 0.146.